The van der Waals surface area contributed by atoms with Crippen LogP contribution in [-0.2, 0) is 14.8 Å². The Morgan fingerprint density at radius 3 is 2.19 bits per heavy atom. The van der Waals surface area contributed by atoms with Crippen LogP contribution in [0.3, 0.4) is 0 Å². The molecule has 3 aromatic carbocycles. The first kappa shape index (κ1) is 22.8. The third-order valence-corrected chi connectivity index (χ3v) is 6.10. The maximum Gasteiger partial charge on any atom is 0.338 e. The molecule has 0 saturated heterocycles. The summed E-state index contributed by atoms with van der Waals surface area (Å²) in [5.74, 6) is -1.25. The second-order valence-corrected chi connectivity index (χ2v) is 9.12. The molecule has 0 saturated carbocycles. The molecule has 0 fully saturated rings. The summed E-state index contributed by atoms with van der Waals surface area (Å²) in [5, 5.41) is 0.851. The summed E-state index contributed by atoms with van der Waals surface area (Å²) in [6.07, 6.45) is -1.08. The van der Waals surface area contributed by atoms with Gasteiger partial charge in [0.25, 0.3) is 10.0 Å². The van der Waals surface area contributed by atoms with Gasteiger partial charge in [-0.05, 0) is 61.5 Å². The lowest BCUT2D eigenvalue weighted by molar-refractivity contribution is 0.0318. The van der Waals surface area contributed by atoms with Crippen molar-refractivity contribution in [2.24, 2.45) is 0 Å². The average Bonchev–Trinajstić information content (AvgIpc) is 2.74. The summed E-state index contributed by atoms with van der Waals surface area (Å²) in [4.78, 5) is 24.8. The van der Waals surface area contributed by atoms with Crippen LogP contribution in [0.4, 0.5) is 5.69 Å². The second kappa shape index (κ2) is 9.51. The number of hydrogen-bond donors (Lipinski definition) is 1. The van der Waals surface area contributed by atoms with Crippen LogP contribution in [0, 0.1) is 0 Å². The van der Waals surface area contributed by atoms with E-state index in [1.165, 1.54) is 49.4 Å². The Labute approximate surface area is 189 Å². The quantitative estimate of drug-likeness (QED) is 0.372. The number of ether oxygens (including phenoxy) is 1. The van der Waals surface area contributed by atoms with Crippen molar-refractivity contribution in [3.8, 4) is 0 Å². The Morgan fingerprint density at radius 1 is 0.871 bits per heavy atom. The SMILES string of the molecule is CC(OC(=O)c1cccc(S(=O)(=O)Nc2ccc(Cl)cc2)c1)C(=O)c1cccc(Cl)c1. The molecule has 0 spiro atoms. The van der Waals surface area contributed by atoms with E-state index in [1.54, 1.807) is 30.3 Å². The second-order valence-electron chi connectivity index (χ2n) is 6.56. The lowest BCUT2D eigenvalue weighted by atomic mass is 10.1. The van der Waals surface area contributed by atoms with E-state index in [-0.39, 0.29) is 10.5 Å². The number of carbonyl (C=O) groups excluding carboxylic acids is 2. The van der Waals surface area contributed by atoms with E-state index >= 15 is 0 Å². The van der Waals surface area contributed by atoms with Crippen LogP contribution >= 0.6 is 23.2 Å². The van der Waals surface area contributed by atoms with Crippen LogP contribution in [0.5, 0.6) is 0 Å². The molecule has 0 amide bonds. The molecule has 0 heterocycles. The number of benzene rings is 3. The van der Waals surface area contributed by atoms with Crippen molar-refractivity contribution in [3.05, 3.63) is 94.0 Å². The summed E-state index contributed by atoms with van der Waals surface area (Å²) in [7, 11) is -3.96. The highest BCUT2D eigenvalue weighted by Crippen LogP contribution is 2.20. The van der Waals surface area contributed by atoms with Crippen molar-refractivity contribution < 1.29 is 22.7 Å². The molecular formula is C22H17Cl2NO5S. The van der Waals surface area contributed by atoms with Gasteiger partial charge in [0.05, 0.1) is 10.5 Å². The van der Waals surface area contributed by atoms with Gasteiger partial charge >= 0.3 is 5.97 Å². The zero-order chi connectivity index (χ0) is 22.6. The Kier molecular flexibility index (Phi) is 7.00. The molecule has 3 rings (SSSR count). The van der Waals surface area contributed by atoms with Gasteiger partial charge in [0, 0.05) is 21.3 Å². The van der Waals surface area contributed by atoms with Crippen LogP contribution in [0.2, 0.25) is 10.0 Å². The molecule has 0 aromatic heterocycles. The number of esters is 1. The molecule has 0 aliphatic rings. The Morgan fingerprint density at radius 2 is 1.52 bits per heavy atom. The standard InChI is InChI=1S/C22H17Cl2NO5S/c1-14(21(26)15-4-2-6-18(24)12-15)30-22(27)16-5-3-7-20(13-16)31(28,29)25-19-10-8-17(23)9-11-19/h2-14,25H,1H3. The number of Topliss-reactive ketones (excluding diaryl/α,β-unsaturated/α-hetero) is 1. The topological polar surface area (TPSA) is 89.5 Å². The predicted octanol–water partition coefficient (Wildman–Crippen LogP) is 5.22. The molecule has 3 aromatic rings. The number of ketones is 1. The number of halogens is 2. The van der Waals surface area contributed by atoms with Gasteiger partial charge in [-0.25, -0.2) is 13.2 Å². The highest BCUT2D eigenvalue weighted by Gasteiger charge is 2.22. The molecule has 0 aliphatic carbocycles. The first-order valence-corrected chi connectivity index (χ1v) is 11.3. The van der Waals surface area contributed by atoms with Crippen molar-refractivity contribution in [2.45, 2.75) is 17.9 Å². The predicted molar refractivity (Wildman–Crippen MR) is 119 cm³/mol. The van der Waals surface area contributed by atoms with Crippen LogP contribution in [-0.4, -0.2) is 26.3 Å². The fourth-order valence-electron chi connectivity index (χ4n) is 2.68. The van der Waals surface area contributed by atoms with Gasteiger partial charge in [-0.2, -0.15) is 0 Å². The molecule has 0 radical (unpaired) electrons. The largest absolute Gasteiger partial charge is 0.451 e. The minimum atomic E-state index is -3.96. The minimum absolute atomic E-state index is 0.00951. The molecular weight excluding hydrogens is 461 g/mol. The highest BCUT2D eigenvalue weighted by molar-refractivity contribution is 7.92. The fraction of sp³-hybridized carbons (Fsp3) is 0.0909. The van der Waals surface area contributed by atoms with Crippen LogP contribution in [0.1, 0.15) is 27.6 Å². The third-order valence-electron chi connectivity index (χ3n) is 4.24. The lowest BCUT2D eigenvalue weighted by Crippen LogP contribution is -2.24. The molecule has 160 valence electrons. The van der Waals surface area contributed by atoms with Crippen molar-refractivity contribution in [1.82, 2.24) is 0 Å². The number of sulfonamides is 1. The molecule has 1 unspecified atom stereocenters. The lowest BCUT2D eigenvalue weighted by Gasteiger charge is -2.13. The van der Waals surface area contributed by atoms with Gasteiger partial charge in [-0.1, -0.05) is 41.4 Å². The summed E-state index contributed by atoms with van der Waals surface area (Å²) < 4.78 is 32.9. The monoisotopic (exact) mass is 477 g/mol. The van der Waals surface area contributed by atoms with Crippen molar-refractivity contribution in [3.63, 3.8) is 0 Å². The maximum absolute atomic E-state index is 12.6. The number of rotatable bonds is 7. The molecule has 0 aliphatic heterocycles. The van der Waals surface area contributed by atoms with Gasteiger partial charge < -0.3 is 4.74 Å². The maximum atomic E-state index is 12.6. The van der Waals surface area contributed by atoms with Crippen LogP contribution in [0.25, 0.3) is 0 Å². The van der Waals surface area contributed by atoms with Crippen LogP contribution in [0.15, 0.2) is 77.7 Å². The van der Waals surface area contributed by atoms with E-state index in [0.29, 0.717) is 21.3 Å². The van der Waals surface area contributed by atoms with Gasteiger partial charge in [0.1, 0.15) is 0 Å². The highest BCUT2D eigenvalue weighted by atomic mass is 35.5. The summed E-state index contributed by atoms with van der Waals surface area (Å²) in [5.41, 5.74) is 0.610. The minimum Gasteiger partial charge on any atom is -0.451 e. The average molecular weight is 478 g/mol. The zero-order valence-electron chi connectivity index (χ0n) is 16.2. The number of nitrogens with one attached hydrogen (secondary N) is 1. The van der Waals surface area contributed by atoms with Gasteiger partial charge in [-0.15, -0.1) is 0 Å². The van der Waals surface area contributed by atoms with Crippen molar-refractivity contribution in [1.29, 1.82) is 0 Å². The molecule has 0 bridgehead atoms. The Hall–Kier alpha value is -2.87. The van der Waals surface area contributed by atoms with Crippen LogP contribution < -0.4 is 4.72 Å². The zero-order valence-corrected chi connectivity index (χ0v) is 18.5. The molecule has 1 atom stereocenters. The van der Waals surface area contributed by atoms with Gasteiger partial charge in [-0.3, -0.25) is 9.52 Å². The summed E-state index contributed by atoms with van der Waals surface area (Å²) >= 11 is 11.7. The van der Waals surface area contributed by atoms with E-state index in [4.69, 9.17) is 27.9 Å². The van der Waals surface area contributed by atoms with Gasteiger partial charge in [0.15, 0.2) is 6.10 Å². The Bertz CT molecular complexity index is 1230. The summed E-state index contributed by atoms with van der Waals surface area (Å²) in [6.45, 7) is 1.43. The van der Waals surface area contributed by atoms with E-state index in [0.717, 1.165) is 0 Å². The molecule has 9 heteroatoms. The molecule has 1 N–H and O–H groups in total. The third kappa shape index (κ3) is 5.85. The van der Waals surface area contributed by atoms with Gasteiger partial charge in [0.2, 0.25) is 5.78 Å². The van der Waals surface area contributed by atoms with E-state index in [9.17, 15) is 18.0 Å². The smallest absolute Gasteiger partial charge is 0.338 e. The Balaban J connectivity index is 1.75. The van der Waals surface area contributed by atoms with Crippen molar-refractivity contribution in [2.75, 3.05) is 4.72 Å². The number of anilines is 1. The fourth-order valence-corrected chi connectivity index (χ4v) is 4.10. The molecule has 6 nitrogen and oxygen atoms in total. The summed E-state index contributed by atoms with van der Waals surface area (Å²) in [6, 6.07) is 17.7. The van der Waals surface area contributed by atoms with Crippen molar-refractivity contribution >= 4 is 50.7 Å². The first-order chi connectivity index (χ1) is 14.7. The normalized spacial score (nSPS) is 12.1. The number of hydrogen-bond acceptors (Lipinski definition) is 5. The number of carbonyl (C=O) groups is 2. The first-order valence-electron chi connectivity index (χ1n) is 9.05. The van der Waals surface area contributed by atoms with E-state index < -0.39 is 27.9 Å². The van der Waals surface area contributed by atoms with E-state index in [2.05, 4.69) is 4.72 Å². The molecule has 31 heavy (non-hydrogen) atoms. The van der Waals surface area contributed by atoms with E-state index in [1.807, 2.05) is 0 Å².